The van der Waals surface area contributed by atoms with Crippen molar-refractivity contribution in [3.63, 3.8) is 0 Å². The minimum atomic E-state index is -0.103. The Hall–Kier alpha value is -1.50. The molecule has 25 heavy (non-hydrogen) atoms. The second kappa shape index (κ2) is 8.25. The average Bonchev–Trinajstić information content (AvgIpc) is 3.05. The van der Waals surface area contributed by atoms with Gasteiger partial charge in [0.25, 0.3) is 0 Å². The first-order chi connectivity index (χ1) is 11.8. The number of esters is 1. The highest BCUT2D eigenvalue weighted by Gasteiger charge is 2.39. The third-order valence-corrected chi connectivity index (χ3v) is 5.56. The summed E-state index contributed by atoms with van der Waals surface area (Å²) in [5, 5.41) is 12.7. The third kappa shape index (κ3) is 4.37. The van der Waals surface area contributed by atoms with E-state index in [-0.39, 0.29) is 23.5 Å². The summed E-state index contributed by atoms with van der Waals surface area (Å²) in [6.07, 6.45) is 2.71. The quantitative estimate of drug-likeness (QED) is 0.750. The topological polar surface area (TPSA) is 74.3 Å². The zero-order valence-corrected chi connectivity index (χ0v) is 16.6. The van der Waals surface area contributed by atoms with Gasteiger partial charge in [-0.05, 0) is 37.6 Å². The Morgan fingerprint density at radius 3 is 2.48 bits per heavy atom. The number of likely N-dealkylation sites (tertiary alicyclic amines) is 1. The van der Waals surface area contributed by atoms with Crippen molar-refractivity contribution in [1.29, 1.82) is 0 Å². The van der Waals surface area contributed by atoms with E-state index in [0.29, 0.717) is 12.5 Å². The van der Waals surface area contributed by atoms with Crippen molar-refractivity contribution < 1.29 is 14.4 Å². The second-order valence-electron chi connectivity index (χ2n) is 8.02. The number of hydrogen-bond acceptors (Lipinski definition) is 5. The van der Waals surface area contributed by atoms with E-state index in [1.54, 1.807) is 0 Å². The molecule has 0 saturated carbocycles. The number of rotatable bonds is 7. The number of piperidine rings is 1. The fourth-order valence-electron chi connectivity index (χ4n) is 3.72. The van der Waals surface area contributed by atoms with Crippen molar-refractivity contribution in [2.45, 2.75) is 72.4 Å². The molecule has 0 radical (unpaired) electrons. The van der Waals surface area contributed by atoms with Crippen LogP contribution < -0.4 is 4.90 Å². The minimum Gasteiger partial charge on any atom is -0.466 e. The number of quaternary nitrogens is 1. The van der Waals surface area contributed by atoms with Crippen LogP contribution in [0.2, 0.25) is 0 Å². The highest BCUT2D eigenvalue weighted by Crippen LogP contribution is 2.25. The molecule has 2 rings (SSSR count). The van der Waals surface area contributed by atoms with Gasteiger partial charge in [0.2, 0.25) is 5.82 Å². The fraction of sp³-hybridized carbons (Fsp3) is 0.889. The molecule has 1 aliphatic rings. The van der Waals surface area contributed by atoms with E-state index in [2.05, 4.69) is 50.1 Å². The van der Waals surface area contributed by atoms with E-state index < -0.39 is 0 Å². The van der Waals surface area contributed by atoms with Crippen molar-refractivity contribution >= 4 is 5.97 Å². The molecule has 1 atom stereocenters. The third-order valence-electron chi connectivity index (χ3n) is 5.56. The molecule has 1 fully saturated rings. The van der Waals surface area contributed by atoms with Crippen LogP contribution in [0.4, 0.5) is 0 Å². The van der Waals surface area contributed by atoms with Gasteiger partial charge in [0.05, 0.1) is 31.2 Å². The first-order valence-electron chi connectivity index (χ1n) is 9.61. The highest BCUT2D eigenvalue weighted by atomic mass is 16.5. The first-order valence-corrected chi connectivity index (χ1v) is 9.61. The zero-order valence-electron chi connectivity index (χ0n) is 16.6. The molecule has 0 amide bonds. The van der Waals surface area contributed by atoms with Gasteiger partial charge in [-0.25, -0.2) is 4.68 Å². The Balaban J connectivity index is 2.16. The minimum absolute atomic E-state index is 0.0413. The van der Waals surface area contributed by atoms with Crippen LogP contribution in [0.15, 0.2) is 0 Å². The molecule has 0 spiro atoms. The summed E-state index contributed by atoms with van der Waals surface area (Å²) in [4.78, 5) is 13.5. The molecule has 0 aliphatic carbocycles. The normalized spacial score (nSPS) is 22.8. The zero-order chi connectivity index (χ0) is 18.6. The number of carbonyl (C=O) groups excluding carboxylic acids is 1. The molecule has 1 aromatic rings. The number of carbonyl (C=O) groups is 1. The Kier molecular flexibility index (Phi) is 6.54. The van der Waals surface area contributed by atoms with Gasteiger partial charge in [-0.3, -0.25) is 4.79 Å². The number of nitrogens with one attached hydrogen (secondary N) is 1. The van der Waals surface area contributed by atoms with Crippen LogP contribution in [0, 0.1) is 11.8 Å². The Morgan fingerprint density at radius 1 is 1.32 bits per heavy atom. The lowest BCUT2D eigenvalue weighted by molar-refractivity contribution is -0.941. The summed E-state index contributed by atoms with van der Waals surface area (Å²) in [7, 11) is 0. The van der Waals surface area contributed by atoms with Crippen LogP contribution in [0.5, 0.6) is 0 Å². The van der Waals surface area contributed by atoms with Crippen LogP contribution in [-0.4, -0.2) is 45.9 Å². The van der Waals surface area contributed by atoms with E-state index in [1.165, 1.54) is 4.90 Å². The monoisotopic (exact) mass is 352 g/mol. The first kappa shape index (κ1) is 19.8. The molecule has 1 aliphatic heterocycles. The summed E-state index contributed by atoms with van der Waals surface area (Å²) in [6, 6.07) is 0.240. The molecular weight excluding hydrogens is 318 g/mol. The molecule has 7 heteroatoms. The predicted molar refractivity (Wildman–Crippen MR) is 95.1 cm³/mol. The summed E-state index contributed by atoms with van der Waals surface area (Å²) >= 11 is 0. The Morgan fingerprint density at radius 2 is 1.96 bits per heavy atom. The summed E-state index contributed by atoms with van der Waals surface area (Å²) in [5.74, 6) is 1.39. The van der Waals surface area contributed by atoms with E-state index in [9.17, 15) is 4.79 Å². The lowest BCUT2D eigenvalue weighted by Gasteiger charge is -2.36. The van der Waals surface area contributed by atoms with Gasteiger partial charge in [0.1, 0.15) is 0 Å². The largest absolute Gasteiger partial charge is 0.466 e. The van der Waals surface area contributed by atoms with E-state index in [0.717, 1.165) is 38.2 Å². The van der Waals surface area contributed by atoms with E-state index in [1.807, 2.05) is 11.6 Å². The predicted octanol–water partition coefficient (Wildman–Crippen LogP) is 1.37. The number of ether oxygens (including phenoxy) is 1. The SMILES string of the molecule is CCOC(=O)C1CC[NH+]([C@@H](c2nnnn2C(C)(C)CC)C(C)C)CC1. The summed E-state index contributed by atoms with van der Waals surface area (Å²) in [6.45, 7) is 15.2. The van der Waals surface area contributed by atoms with Gasteiger partial charge in [-0.1, -0.05) is 20.8 Å². The van der Waals surface area contributed by atoms with Crippen molar-refractivity contribution in [3.8, 4) is 0 Å². The van der Waals surface area contributed by atoms with Crippen LogP contribution in [0.1, 0.15) is 72.7 Å². The summed E-state index contributed by atoms with van der Waals surface area (Å²) < 4.78 is 7.19. The summed E-state index contributed by atoms with van der Waals surface area (Å²) in [5.41, 5.74) is -0.103. The molecule has 0 unspecified atom stereocenters. The highest BCUT2D eigenvalue weighted by molar-refractivity contribution is 5.72. The van der Waals surface area contributed by atoms with Gasteiger partial charge >= 0.3 is 5.97 Å². The van der Waals surface area contributed by atoms with Crippen molar-refractivity contribution in [3.05, 3.63) is 5.82 Å². The standard InChI is InChI=1S/C18H33N5O2/c1-7-18(5,6)23-16(19-20-21-23)15(13(3)4)22-11-9-14(10-12-22)17(24)25-8-2/h13-15H,7-12H2,1-6H3/p+1/t15-/m1/s1. The Labute approximate surface area is 151 Å². The molecule has 2 heterocycles. The van der Waals surface area contributed by atoms with Gasteiger partial charge in [0.15, 0.2) is 6.04 Å². The molecular formula is C18H34N5O2+. The van der Waals surface area contributed by atoms with Gasteiger partial charge in [-0.2, -0.15) is 0 Å². The maximum Gasteiger partial charge on any atom is 0.309 e. The van der Waals surface area contributed by atoms with Gasteiger partial charge in [0, 0.05) is 18.8 Å². The molecule has 1 saturated heterocycles. The number of aromatic nitrogens is 4. The Bertz CT molecular complexity index is 562. The maximum absolute atomic E-state index is 12.0. The van der Waals surface area contributed by atoms with Crippen LogP contribution in [0.25, 0.3) is 0 Å². The van der Waals surface area contributed by atoms with Crippen molar-refractivity contribution in [2.24, 2.45) is 11.8 Å². The van der Waals surface area contributed by atoms with E-state index >= 15 is 0 Å². The smallest absolute Gasteiger partial charge is 0.309 e. The van der Waals surface area contributed by atoms with Gasteiger partial charge < -0.3 is 9.64 Å². The molecule has 0 bridgehead atoms. The van der Waals surface area contributed by atoms with Crippen molar-refractivity contribution in [2.75, 3.05) is 19.7 Å². The molecule has 0 aromatic carbocycles. The number of nitrogens with zero attached hydrogens (tertiary/aromatic N) is 4. The van der Waals surface area contributed by atoms with Crippen LogP contribution in [-0.2, 0) is 15.1 Å². The van der Waals surface area contributed by atoms with E-state index in [4.69, 9.17) is 4.74 Å². The molecule has 1 N–H and O–H groups in total. The number of tetrazole rings is 1. The lowest BCUT2D eigenvalue weighted by Crippen LogP contribution is -3.14. The maximum atomic E-state index is 12.0. The van der Waals surface area contributed by atoms with Crippen LogP contribution >= 0.6 is 0 Å². The van der Waals surface area contributed by atoms with Gasteiger partial charge in [-0.15, -0.1) is 5.10 Å². The second-order valence-corrected chi connectivity index (χ2v) is 8.02. The fourth-order valence-corrected chi connectivity index (χ4v) is 3.72. The molecule has 7 nitrogen and oxygen atoms in total. The van der Waals surface area contributed by atoms with Crippen molar-refractivity contribution in [1.82, 2.24) is 20.2 Å². The van der Waals surface area contributed by atoms with Crippen LogP contribution in [0.3, 0.4) is 0 Å². The average molecular weight is 353 g/mol. The lowest BCUT2D eigenvalue weighted by atomic mass is 9.92. The number of hydrogen-bond donors (Lipinski definition) is 1. The molecule has 142 valence electrons. The molecule has 1 aromatic heterocycles.